The molecule has 0 bridgehead atoms. The Hall–Kier alpha value is -2.11. The summed E-state index contributed by atoms with van der Waals surface area (Å²) in [5.74, 6) is 2.24. The van der Waals surface area contributed by atoms with Crippen LogP contribution >= 0.6 is 24.0 Å². The van der Waals surface area contributed by atoms with Crippen molar-refractivity contribution in [3.63, 3.8) is 0 Å². The molecule has 162 valence electrons. The molecule has 0 saturated carbocycles. The minimum absolute atomic E-state index is 0. The van der Waals surface area contributed by atoms with Crippen LogP contribution in [0.3, 0.4) is 0 Å². The number of hydrogen-bond acceptors (Lipinski definition) is 5. The number of rotatable bonds is 9. The zero-order valence-corrected chi connectivity index (χ0v) is 19.3. The van der Waals surface area contributed by atoms with Crippen LogP contribution in [0.25, 0.3) is 0 Å². The third-order valence-corrected chi connectivity index (χ3v) is 3.94. The Morgan fingerprint density at radius 1 is 1.24 bits per heavy atom. The van der Waals surface area contributed by atoms with E-state index < -0.39 is 6.61 Å². The van der Waals surface area contributed by atoms with Gasteiger partial charge in [-0.3, -0.25) is 0 Å². The predicted molar refractivity (Wildman–Crippen MR) is 118 cm³/mol. The SMILES string of the molecule is CCNC(=NCc1nc(C)c(C)o1)NCCc1ccc(OC)c(OC(F)F)c1.I. The molecule has 2 N–H and O–H groups in total. The van der Waals surface area contributed by atoms with E-state index in [0.717, 1.165) is 17.0 Å². The first-order valence-electron chi connectivity index (χ1n) is 8.99. The summed E-state index contributed by atoms with van der Waals surface area (Å²) in [6.45, 7) is 4.38. The molecule has 1 heterocycles. The number of nitrogens with zero attached hydrogens (tertiary/aromatic N) is 2. The van der Waals surface area contributed by atoms with Crippen molar-refractivity contribution >= 4 is 29.9 Å². The molecule has 0 spiro atoms. The average molecular weight is 524 g/mol. The van der Waals surface area contributed by atoms with Crippen LogP contribution in [0.1, 0.15) is 29.8 Å². The van der Waals surface area contributed by atoms with Gasteiger partial charge < -0.3 is 24.5 Å². The number of methoxy groups -OCH3 is 1. The number of halogens is 3. The number of alkyl halides is 2. The van der Waals surface area contributed by atoms with Gasteiger partial charge >= 0.3 is 6.61 Å². The summed E-state index contributed by atoms with van der Waals surface area (Å²) in [5, 5.41) is 6.34. The van der Waals surface area contributed by atoms with Gasteiger partial charge in [0, 0.05) is 13.1 Å². The fourth-order valence-electron chi connectivity index (χ4n) is 2.49. The van der Waals surface area contributed by atoms with Crippen LogP contribution in [0.15, 0.2) is 27.6 Å². The molecule has 0 unspecified atom stereocenters. The van der Waals surface area contributed by atoms with E-state index in [-0.39, 0.29) is 35.5 Å². The van der Waals surface area contributed by atoms with Crippen LogP contribution in [0, 0.1) is 13.8 Å². The van der Waals surface area contributed by atoms with Gasteiger partial charge in [-0.2, -0.15) is 8.78 Å². The van der Waals surface area contributed by atoms with E-state index in [1.165, 1.54) is 7.11 Å². The first kappa shape index (κ1) is 24.9. The lowest BCUT2D eigenvalue weighted by Crippen LogP contribution is -2.38. The molecule has 7 nitrogen and oxygen atoms in total. The van der Waals surface area contributed by atoms with Gasteiger partial charge in [-0.25, -0.2) is 9.98 Å². The summed E-state index contributed by atoms with van der Waals surface area (Å²) >= 11 is 0. The second-order valence-electron chi connectivity index (χ2n) is 5.98. The van der Waals surface area contributed by atoms with Crippen molar-refractivity contribution in [1.29, 1.82) is 0 Å². The molecule has 0 aliphatic carbocycles. The van der Waals surface area contributed by atoms with E-state index in [2.05, 4.69) is 25.3 Å². The highest BCUT2D eigenvalue weighted by molar-refractivity contribution is 14.0. The lowest BCUT2D eigenvalue weighted by Gasteiger charge is -2.13. The molecular formula is C19H27F2IN4O3. The fraction of sp³-hybridized carbons (Fsp3) is 0.474. The number of aromatic nitrogens is 1. The lowest BCUT2D eigenvalue weighted by atomic mass is 10.1. The molecule has 0 aliphatic heterocycles. The quantitative estimate of drug-likeness (QED) is 0.295. The van der Waals surface area contributed by atoms with Gasteiger partial charge in [-0.15, -0.1) is 24.0 Å². The van der Waals surface area contributed by atoms with Crippen LogP contribution in [-0.2, 0) is 13.0 Å². The zero-order chi connectivity index (χ0) is 20.5. The van der Waals surface area contributed by atoms with Gasteiger partial charge in [-0.05, 0) is 44.9 Å². The number of ether oxygens (including phenoxy) is 2. The molecule has 0 aliphatic rings. The number of aryl methyl sites for hydroxylation is 2. The van der Waals surface area contributed by atoms with Crippen molar-refractivity contribution in [3.05, 3.63) is 41.1 Å². The first-order valence-corrected chi connectivity index (χ1v) is 8.99. The van der Waals surface area contributed by atoms with E-state index >= 15 is 0 Å². The molecule has 0 atom stereocenters. The standard InChI is InChI=1S/C19H26F2N4O3.HI/c1-5-22-19(24-11-17-25-12(2)13(3)27-17)23-9-8-14-6-7-15(26-4)16(10-14)28-18(20)21;/h6-7,10,18H,5,8-9,11H2,1-4H3,(H2,22,23,24);1H. The highest BCUT2D eigenvalue weighted by Crippen LogP contribution is 2.29. The van der Waals surface area contributed by atoms with Crippen LogP contribution in [0.2, 0.25) is 0 Å². The van der Waals surface area contributed by atoms with Crippen LogP contribution in [0.4, 0.5) is 8.78 Å². The number of hydrogen-bond donors (Lipinski definition) is 2. The van der Waals surface area contributed by atoms with E-state index in [4.69, 9.17) is 9.15 Å². The van der Waals surface area contributed by atoms with Crippen molar-refractivity contribution in [2.45, 2.75) is 40.3 Å². The Morgan fingerprint density at radius 2 is 2.00 bits per heavy atom. The van der Waals surface area contributed by atoms with Crippen molar-refractivity contribution < 1.29 is 22.7 Å². The largest absolute Gasteiger partial charge is 0.493 e. The van der Waals surface area contributed by atoms with Crippen molar-refractivity contribution in [1.82, 2.24) is 15.6 Å². The molecule has 1 aromatic carbocycles. The maximum atomic E-state index is 12.5. The normalized spacial score (nSPS) is 11.2. The number of benzene rings is 1. The third-order valence-electron chi connectivity index (χ3n) is 3.94. The van der Waals surface area contributed by atoms with E-state index in [0.29, 0.717) is 37.9 Å². The summed E-state index contributed by atoms with van der Waals surface area (Å²) in [5.41, 5.74) is 1.68. The summed E-state index contributed by atoms with van der Waals surface area (Å²) in [4.78, 5) is 8.75. The molecule has 0 saturated heterocycles. The van der Waals surface area contributed by atoms with Crippen molar-refractivity contribution in [2.24, 2.45) is 4.99 Å². The zero-order valence-electron chi connectivity index (χ0n) is 16.9. The minimum atomic E-state index is -2.91. The van der Waals surface area contributed by atoms with Gasteiger partial charge in [0.05, 0.1) is 12.8 Å². The summed E-state index contributed by atoms with van der Waals surface area (Å²) in [6, 6.07) is 4.97. The lowest BCUT2D eigenvalue weighted by molar-refractivity contribution is -0.0512. The Morgan fingerprint density at radius 3 is 2.59 bits per heavy atom. The number of oxazole rings is 1. The molecule has 2 rings (SSSR count). The van der Waals surface area contributed by atoms with Crippen LogP contribution in [0.5, 0.6) is 11.5 Å². The van der Waals surface area contributed by atoms with Gasteiger partial charge in [-0.1, -0.05) is 6.07 Å². The van der Waals surface area contributed by atoms with Crippen molar-refractivity contribution in [3.8, 4) is 11.5 Å². The van der Waals surface area contributed by atoms with Crippen LogP contribution in [-0.4, -0.2) is 37.8 Å². The molecule has 10 heteroatoms. The van der Waals surface area contributed by atoms with Crippen molar-refractivity contribution in [2.75, 3.05) is 20.2 Å². The number of aliphatic imine (C=N–C) groups is 1. The predicted octanol–water partition coefficient (Wildman–Crippen LogP) is 3.82. The molecular weight excluding hydrogens is 497 g/mol. The van der Waals surface area contributed by atoms with Gasteiger partial charge in [0.15, 0.2) is 17.5 Å². The van der Waals surface area contributed by atoms with Gasteiger partial charge in [0.1, 0.15) is 12.3 Å². The van der Waals surface area contributed by atoms with Crippen LogP contribution < -0.4 is 20.1 Å². The molecule has 0 fully saturated rings. The Kier molecular flexibility index (Phi) is 10.7. The molecule has 1 aromatic heterocycles. The molecule has 29 heavy (non-hydrogen) atoms. The van der Waals surface area contributed by atoms with E-state index in [1.54, 1.807) is 18.2 Å². The third kappa shape index (κ3) is 8.03. The minimum Gasteiger partial charge on any atom is -0.493 e. The highest BCUT2D eigenvalue weighted by Gasteiger charge is 2.11. The summed E-state index contributed by atoms with van der Waals surface area (Å²) in [7, 11) is 1.41. The molecule has 0 radical (unpaired) electrons. The second-order valence-corrected chi connectivity index (χ2v) is 5.98. The Labute approximate surface area is 186 Å². The van der Waals surface area contributed by atoms with E-state index in [1.807, 2.05) is 20.8 Å². The second kappa shape index (κ2) is 12.5. The summed E-state index contributed by atoms with van der Waals surface area (Å²) < 4.78 is 40.1. The van der Waals surface area contributed by atoms with E-state index in [9.17, 15) is 8.78 Å². The van der Waals surface area contributed by atoms with Gasteiger partial charge in [0.25, 0.3) is 0 Å². The first-order chi connectivity index (χ1) is 13.4. The number of guanidine groups is 1. The fourth-order valence-corrected chi connectivity index (χ4v) is 2.49. The number of nitrogens with one attached hydrogen (secondary N) is 2. The Balaban J connectivity index is 0.00000420. The Bertz CT molecular complexity index is 780. The molecule has 2 aromatic rings. The topological polar surface area (TPSA) is 80.9 Å². The average Bonchev–Trinajstić information content (AvgIpc) is 2.97. The maximum Gasteiger partial charge on any atom is 0.387 e. The van der Waals surface area contributed by atoms with Gasteiger partial charge in [0.2, 0.25) is 5.89 Å². The smallest absolute Gasteiger partial charge is 0.387 e. The summed E-state index contributed by atoms with van der Waals surface area (Å²) in [6.07, 6.45) is 0.589. The molecule has 0 amide bonds. The monoisotopic (exact) mass is 524 g/mol. The highest BCUT2D eigenvalue weighted by atomic mass is 127. The maximum absolute atomic E-state index is 12.5.